The lowest BCUT2D eigenvalue weighted by Gasteiger charge is -2.25. The molecule has 0 bridgehead atoms. The van der Waals surface area contributed by atoms with Crippen molar-refractivity contribution in [3.05, 3.63) is 89.7 Å². The molecule has 0 saturated carbocycles. The van der Waals surface area contributed by atoms with Gasteiger partial charge in [-0.15, -0.1) is 0 Å². The fraction of sp³-hybridized carbons (Fsp3) is 0.0500. The average molecular weight is 283 g/mol. The summed E-state index contributed by atoms with van der Waals surface area (Å²) < 4.78 is 5.81. The summed E-state index contributed by atoms with van der Waals surface area (Å²) in [6.07, 6.45) is 1.59. The van der Waals surface area contributed by atoms with E-state index in [2.05, 4.69) is 42.5 Å². The zero-order valence-electron chi connectivity index (χ0n) is 11.9. The van der Waals surface area contributed by atoms with Crippen LogP contribution in [0.25, 0.3) is 10.8 Å². The van der Waals surface area contributed by atoms with E-state index in [1.54, 1.807) is 6.26 Å². The minimum absolute atomic E-state index is 0.0699. The van der Waals surface area contributed by atoms with Crippen LogP contribution in [0.4, 0.5) is 0 Å². The Morgan fingerprint density at radius 3 is 2.45 bits per heavy atom. The first-order valence-electron chi connectivity index (χ1n) is 7.22. The third kappa shape index (κ3) is 1.88. The first-order valence-corrected chi connectivity index (χ1v) is 7.22. The summed E-state index contributed by atoms with van der Waals surface area (Å²) >= 11 is 0. The number of nitrogens with zero attached hydrogens (tertiary/aromatic N) is 1. The van der Waals surface area contributed by atoms with Crippen molar-refractivity contribution < 1.29 is 4.74 Å². The summed E-state index contributed by atoms with van der Waals surface area (Å²) in [5.41, 5.74) is 2.79. The van der Waals surface area contributed by atoms with E-state index in [1.807, 2.05) is 30.3 Å². The van der Waals surface area contributed by atoms with Gasteiger partial charge in [-0.3, -0.25) is 0 Å². The Hall–Kier alpha value is -3.05. The van der Waals surface area contributed by atoms with Gasteiger partial charge in [-0.25, -0.2) is 0 Å². The lowest BCUT2D eigenvalue weighted by molar-refractivity contribution is 0.459. The second kappa shape index (κ2) is 5.05. The molecule has 3 aromatic carbocycles. The predicted molar refractivity (Wildman–Crippen MR) is 86.6 cm³/mol. The molecule has 2 nitrogen and oxygen atoms in total. The van der Waals surface area contributed by atoms with Gasteiger partial charge in [0.2, 0.25) is 0 Å². The lowest BCUT2D eigenvalue weighted by Crippen LogP contribution is -2.11. The highest BCUT2D eigenvalue weighted by Crippen LogP contribution is 2.43. The molecule has 2 heteroatoms. The molecule has 0 spiro atoms. The van der Waals surface area contributed by atoms with Crippen LogP contribution in [0.1, 0.15) is 17.0 Å². The molecule has 4 rings (SSSR count). The molecule has 1 atom stereocenters. The van der Waals surface area contributed by atoms with E-state index in [0.717, 1.165) is 27.6 Å². The quantitative estimate of drug-likeness (QED) is 0.644. The first-order chi connectivity index (χ1) is 10.9. The van der Waals surface area contributed by atoms with Crippen LogP contribution in [-0.4, -0.2) is 0 Å². The van der Waals surface area contributed by atoms with Crippen LogP contribution in [-0.2, 0) is 0 Å². The lowest BCUT2D eigenvalue weighted by atomic mass is 9.83. The van der Waals surface area contributed by atoms with E-state index >= 15 is 0 Å². The normalized spacial score (nSPS) is 16.3. The maximum Gasteiger partial charge on any atom is 0.138 e. The number of hydrogen-bond acceptors (Lipinski definition) is 2. The minimum atomic E-state index is -0.0699. The van der Waals surface area contributed by atoms with E-state index in [4.69, 9.17) is 4.74 Å². The van der Waals surface area contributed by atoms with E-state index in [1.165, 1.54) is 0 Å². The van der Waals surface area contributed by atoms with Crippen molar-refractivity contribution in [2.24, 2.45) is 0 Å². The Morgan fingerprint density at radius 1 is 0.864 bits per heavy atom. The van der Waals surface area contributed by atoms with Gasteiger partial charge in [-0.05, 0) is 10.9 Å². The van der Waals surface area contributed by atoms with Gasteiger partial charge in [-0.2, -0.15) is 5.26 Å². The molecule has 1 aliphatic rings. The standard InChI is InChI=1S/C20H13NO/c21-12-16-13-22-20-17-9-5-4-6-14(17)10-11-18(20)19(16)15-7-2-1-3-8-15/h1-11,13,19H. The maximum atomic E-state index is 9.46. The second-order valence-corrected chi connectivity index (χ2v) is 5.35. The molecular formula is C20H13NO. The number of hydrogen-bond donors (Lipinski definition) is 0. The molecule has 0 aromatic heterocycles. The molecule has 22 heavy (non-hydrogen) atoms. The smallest absolute Gasteiger partial charge is 0.138 e. The zero-order chi connectivity index (χ0) is 14.9. The Labute approximate surface area is 128 Å². The average Bonchev–Trinajstić information content (AvgIpc) is 2.61. The van der Waals surface area contributed by atoms with Crippen molar-refractivity contribution in [2.75, 3.05) is 0 Å². The first kappa shape index (κ1) is 12.7. The molecule has 0 radical (unpaired) electrons. The van der Waals surface area contributed by atoms with Gasteiger partial charge in [0.1, 0.15) is 12.0 Å². The number of fused-ring (bicyclic) bond motifs is 3. The third-order valence-corrected chi connectivity index (χ3v) is 4.10. The molecule has 0 saturated heterocycles. The van der Waals surface area contributed by atoms with Gasteiger partial charge in [0.15, 0.2) is 0 Å². The highest BCUT2D eigenvalue weighted by atomic mass is 16.5. The summed E-state index contributed by atoms with van der Waals surface area (Å²) in [4.78, 5) is 0. The van der Waals surface area contributed by atoms with Crippen molar-refractivity contribution in [3.63, 3.8) is 0 Å². The van der Waals surface area contributed by atoms with Crippen molar-refractivity contribution in [1.29, 1.82) is 5.26 Å². The highest BCUT2D eigenvalue weighted by molar-refractivity contribution is 5.90. The topological polar surface area (TPSA) is 33.0 Å². The summed E-state index contributed by atoms with van der Waals surface area (Å²) in [6, 6.07) is 24.7. The predicted octanol–water partition coefficient (Wildman–Crippen LogP) is 4.77. The number of rotatable bonds is 1. The molecule has 0 N–H and O–H groups in total. The molecule has 0 amide bonds. The number of nitriles is 1. The summed E-state index contributed by atoms with van der Waals surface area (Å²) in [5.74, 6) is 0.783. The molecule has 1 unspecified atom stereocenters. The van der Waals surface area contributed by atoms with Gasteiger partial charge in [0.25, 0.3) is 0 Å². The van der Waals surface area contributed by atoms with Gasteiger partial charge >= 0.3 is 0 Å². The van der Waals surface area contributed by atoms with Gasteiger partial charge in [0, 0.05) is 10.9 Å². The Bertz CT molecular complexity index is 919. The molecular weight excluding hydrogens is 270 g/mol. The molecule has 3 aromatic rings. The molecule has 1 heterocycles. The van der Waals surface area contributed by atoms with Gasteiger partial charge in [0.05, 0.1) is 17.6 Å². The largest absolute Gasteiger partial charge is 0.463 e. The van der Waals surface area contributed by atoms with Crippen LogP contribution in [0.15, 0.2) is 78.6 Å². The summed E-state index contributed by atoms with van der Waals surface area (Å²) in [5, 5.41) is 11.7. The Balaban J connectivity index is 1.99. The van der Waals surface area contributed by atoms with E-state index in [9.17, 15) is 5.26 Å². The van der Waals surface area contributed by atoms with Crippen molar-refractivity contribution in [1.82, 2.24) is 0 Å². The maximum absolute atomic E-state index is 9.46. The van der Waals surface area contributed by atoms with E-state index < -0.39 is 0 Å². The van der Waals surface area contributed by atoms with Crippen LogP contribution in [0.3, 0.4) is 0 Å². The van der Waals surface area contributed by atoms with Crippen LogP contribution in [0.2, 0.25) is 0 Å². The number of benzene rings is 3. The van der Waals surface area contributed by atoms with Crippen LogP contribution in [0, 0.1) is 11.3 Å². The minimum Gasteiger partial charge on any atom is -0.463 e. The fourth-order valence-electron chi connectivity index (χ4n) is 3.07. The highest BCUT2D eigenvalue weighted by Gasteiger charge is 2.27. The SMILES string of the molecule is N#CC1=COc2c(ccc3ccccc23)C1c1ccccc1. The monoisotopic (exact) mass is 283 g/mol. The Morgan fingerprint density at radius 2 is 1.64 bits per heavy atom. The van der Waals surface area contributed by atoms with Crippen molar-refractivity contribution in [3.8, 4) is 11.8 Å². The van der Waals surface area contributed by atoms with E-state index in [0.29, 0.717) is 5.57 Å². The Kier molecular flexibility index (Phi) is 2.91. The van der Waals surface area contributed by atoms with Crippen molar-refractivity contribution >= 4 is 10.8 Å². The van der Waals surface area contributed by atoms with Crippen LogP contribution in [0.5, 0.6) is 5.75 Å². The summed E-state index contributed by atoms with van der Waals surface area (Å²) in [7, 11) is 0. The van der Waals surface area contributed by atoms with Crippen molar-refractivity contribution in [2.45, 2.75) is 5.92 Å². The zero-order valence-corrected chi connectivity index (χ0v) is 11.9. The van der Waals surface area contributed by atoms with Crippen LogP contribution >= 0.6 is 0 Å². The molecule has 0 fully saturated rings. The van der Waals surface area contributed by atoms with Gasteiger partial charge < -0.3 is 4.74 Å². The third-order valence-electron chi connectivity index (χ3n) is 4.10. The fourth-order valence-corrected chi connectivity index (χ4v) is 3.07. The van der Waals surface area contributed by atoms with Gasteiger partial charge in [-0.1, -0.05) is 66.7 Å². The second-order valence-electron chi connectivity index (χ2n) is 5.35. The van der Waals surface area contributed by atoms with E-state index in [-0.39, 0.29) is 5.92 Å². The number of ether oxygens (including phenoxy) is 1. The number of allylic oxidation sites excluding steroid dienone is 1. The molecule has 104 valence electrons. The molecule has 0 aliphatic carbocycles. The van der Waals surface area contributed by atoms with Crippen LogP contribution < -0.4 is 4.74 Å². The summed E-state index contributed by atoms with van der Waals surface area (Å²) in [6.45, 7) is 0. The molecule has 1 aliphatic heterocycles.